The molecule has 0 saturated carbocycles. The molecule has 0 unspecified atom stereocenters. The summed E-state index contributed by atoms with van der Waals surface area (Å²) < 4.78 is 1.68. The summed E-state index contributed by atoms with van der Waals surface area (Å²) in [5.41, 5.74) is 2.31. The Morgan fingerprint density at radius 3 is 2.17 bits per heavy atom. The molecule has 0 spiro atoms. The predicted octanol–water partition coefficient (Wildman–Crippen LogP) is 2.24. The van der Waals surface area contributed by atoms with E-state index in [0.717, 1.165) is 11.1 Å². The van der Waals surface area contributed by atoms with E-state index in [-0.39, 0.29) is 11.1 Å². The Kier molecular flexibility index (Phi) is 1.90. The standard InChI is InChI=1S/C13H9NO4/c1-6-5-9-11(13(17)18)10(12(15)16)8-4-2-3-7(6)14(8)9/h2-5H,1H3,(H,15,16)(H,17,18). The van der Waals surface area contributed by atoms with Crippen molar-refractivity contribution in [2.24, 2.45) is 0 Å². The number of hydrogen-bond acceptors (Lipinski definition) is 2. The second kappa shape index (κ2) is 3.22. The lowest BCUT2D eigenvalue weighted by Crippen LogP contribution is -2.05. The molecule has 90 valence electrons. The third kappa shape index (κ3) is 1.10. The molecule has 5 heteroatoms. The van der Waals surface area contributed by atoms with Crippen LogP contribution in [0.4, 0.5) is 0 Å². The number of carbonyl (C=O) groups is 2. The number of aromatic nitrogens is 1. The zero-order valence-electron chi connectivity index (χ0n) is 9.47. The van der Waals surface area contributed by atoms with Gasteiger partial charge in [-0.1, -0.05) is 6.07 Å². The fraction of sp³-hybridized carbons (Fsp3) is 0.0769. The van der Waals surface area contributed by atoms with Gasteiger partial charge < -0.3 is 14.6 Å². The Balaban J connectivity index is 2.65. The first kappa shape index (κ1) is 10.6. The van der Waals surface area contributed by atoms with Gasteiger partial charge in [0.05, 0.1) is 11.0 Å². The zero-order chi connectivity index (χ0) is 13.0. The number of hydrogen-bond donors (Lipinski definition) is 2. The van der Waals surface area contributed by atoms with Crippen LogP contribution in [0.5, 0.6) is 0 Å². The van der Waals surface area contributed by atoms with Gasteiger partial charge in [-0.25, -0.2) is 9.59 Å². The van der Waals surface area contributed by atoms with Crippen LogP contribution in [-0.2, 0) is 0 Å². The van der Waals surface area contributed by atoms with E-state index in [0.29, 0.717) is 11.0 Å². The van der Waals surface area contributed by atoms with Crippen molar-refractivity contribution in [1.29, 1.82) is 0 Å². The van der Waals surface area contributed by atoms with Crippen LogP contribution in [0.15, 0.2) is 24.3 Å². The van der Waals surface area contributed by atoms with Gasteiger partial charge in [0.2, 0.25) is 0 Å². The number of aryl methyl sites for hydroxylation is 1. The van der Waals surface area contributed by atoms with Crippen molar-refractivity contribution in [3.63, 3.8) is 0 Å². The molecule has 5 nitrogen and oxygen atoms in total. The normalized spacial score (nSPS) is 11.4. The average Bonchev–Trinajstić information content (AvgIpc) is 2.79. The third-order valence-corrected chi connectivity index (χ3v) is 3.18. The number of aromatic carboxylic acids is 2. The quantitative estimate of drug-likeness (QED) is 0.723. The molecule has 0 fully saturated rings. The van der Waals surface area contributed by atoms with E-state index >= 15 is 0 Å². The molecule has 3 rings (SSSR count). The van der Waals surface area contributed by atoms with Gasteiger partial charge in [-0.2, -0.15) is 0 Å². The van der Waals surface area contributed by atoms with Crippen molar-refractivity contribution < 1.29 is 19.8 Å². The maximum atomic E-state index is 11.3. The molecule has 0 amide bonds. The van der Waals surface area contributed by atoms with E-state index in [1.54, 1.807) is 22.6 Å². The second-order valence-corrected chi connectivity index (χ2v) is 4.20. The van der Waals surface area contributed by atoms with Crippen molar-refractivity contribution in [3.05, 3.63) is 41.0 Å². The van der Waals surface area contributed by atoms with Crippen molar-refractivity contribution in [3.8, 4) is 0 Å². The molecule has 3 heterocycles. The van der Waals surface area contributed by atoms with E-state index < -0.39 is 11.9 Å². The molecular formula is C13H9NO4. The van der Waals surface area contributed by atoms with Gasteiger partial charge in [0.1, 0.15) is 11.1 Å². The molecule has 0 saturated heterocycles. The van der Waals surface area contributed by atoms with Crippen LogP contribution in [0, 0.1) is 6.92 Å². The molecule has 0 bridgehead atoms. The highest BCUT2D eigenvalue weighted by Gasteiger charge is 2.27. The molecule has 0 aliphatic rings. The lowest BCUT2D eigenvalue weighted by Gasteiger charge is -1.98. The first-order chi connectivity index (χ1) is 8.52. The lowest BCUT2D eigenvalue weighted by atomic mass is 10.1. The predicted molar refractivity (Wildman–Crippen MR) is 64.7 cm³/mol. The summed E-state index contributed by atoms with van der Waals surface area (Å²) in [7, 11) is 0. The Hall–Kier alpha value is -2.56. The van der Waals surface area contributed by atoms with Crippen molar-refractivity contribution in [2.75, 3.05) is 0 Å². The molecule has 0 atom stereocenters. The molecule has 0 aromatic carbocycles. The van der Waals surface area contributed by atoms with Gasteiger partial charge in [-0.3, -0.25) is 0 Å². The summed E-state index contributed by atoms with van der Waals surface area (Å²) in [5, 5.41) is 18.4. The number of carboxylic acid groups (broad SMARTS) is 2. The monoisotopic (exact) mass is 243 g/mol. The summed E-state index contributed by atoms with van der Waals surface area (Å²) in [6.45, 7) is 1.87. The van der Waals surface area contributed by atoms with Crippen LogP contribution in [0.25, 0.3) is 16.6 Å². The largest absolute Gasteiger partial charge is 0.478 e. The fourth-order valence-corrected chi connectivity index (χ4v) is 2.49. The second-order valence-electron chi connectivity index (χ2n) is 4.20. The first-order valence-corrected chi connectivity index (χ1v) is 5.35. The van der Waals surface area contributed by atoms with Crippen molar-refractivity contribution >= 4 is 28.5 Å². The zero-order valence-corrected chi connectivity index (χ0v) is 9.47. The van der Waals surface area contributed by atoms with Crippen LogP contribution in [0.2, 0.25) is 0 Å². The van der Waals surface area contributed by atoms with E-state index in [1.807, 2.05) is 13.0 Å². The molecule has 0 radical (unpaired) electrons. The summed E-state index contributed by atoms with van der Waals surface area (Å²) in [5.74, 6) is -2.44. The van der Waals surface area contributed by atoms with Crippen LogP contribution in [-0.4, -0.2) is 26.6 Å². The SMILES string of the molecule is Cc1cc2c(C(=O)O)c(C(=O)O)c3cccc1n32. The Morgan fingerprint density at radius 1 is 1.00 bits per heavy atom. The Morgan fingerprint density at radius 2 is 1.56 bits per heavy atom. The van der Waals surface area contributed by atoms with Crippen LogP contribution >= 0.6 is 0 Å². The highest BCUT2D eigenvalue weighted by molar-refractivity contribution is 6.13. The van der Waals surface area contributed by atoms with Gasteiger partial charge in [0.15, 0.2) is 0 Å². The van der Waals surface area contributed by atoms with Gasteiger partial charge in [0, 0.05) is 5.52 Å². The number of pyridine rings is 1. The Labute approximate surface area is 101 Å². The number of nitrogens with zero attached hydrogens (tertiary/aromatic N) is 1. The fourth-order valence-electron chi connectivity index (χ4n) is 2.49. The summed E-state index contributed by atoms with van der Waals surface area (Å²) in [6, 6.07) is 6.90. The van der Waals surface area contributed by atoms with Crippen molar-refractivity contribution in [2.45, 2.75) is 6.92 Å². The first-order valence-electron chi connectivity index (χ1n) is 5.35. The van der Waals surface area contributed by atoms with Crippen LogP contribution in [0.3, 0.4) is 0 Å². The average molecular weight is 243 g/mol. The van der Waals surface area contributed by atoms with Crippen LogP contribution < -0.4 is 0 Å². The molecule has 18 heavy (non-hydrogen) atoms. The maximum absolute atomic E-state index is 11.3. The topological polar surface area (TPSA) is 79.0 Å². The minimum absolute atomic E-state index is 0.146. The molecule has 3 aromatic rings. The van der Waals surface area contributed by atoms with Gasteiger partial charge in [-0.15, -0.1) is 0 Å². The van der Waals surface area contributed by atoms with Gasteiger partial charge in [0.25, 0.3) is 0 Å². The molecule has 2 N–H and O–H groups in total. The van der Waals surface area contributed by atoms with E-state index in [1.165, 1.54) is 0 Å². The summed E-state index contributed by atoms with van der Waals surface area (Å²) in [6.07, 6.45) is 0. The molecule has 0 aliphatic carbocycles. The van der Waals surface area contributed by atoms with E-state index in [4.69, 9.17) is 0 Å². The summed E-state index contributed by atoms with van der Waals surface area (Å²) >= 11 is 0. The van der Waals surface area contributed by atoms with Crippen molar-refractivity contribution in [1.82, 2.24) is 4.40 Å². The van der Waals surface area contributed by atoms with Gasteiger partial charge >= 0.3 is 11.9 Å². The highest BCUT2D eigenvalue weighted by atomic mass is 16.4. The smallest absolute Gasteiger partial charge is 0.338 e. The number of rotatable bonds is 2. The lowest BCUT2D eigenvalue weighted by molar-refractivity contribution is 0.0655. The minimum atomic E-state index is -1.22. The van der Waals surface area contributed by atoms with E-state index in [9.17, 15) is 19.8 Å². The molecular weight excluding hydrogens is 234 g/mol. The third-order valence-electron chi connectivity index (χ3n) is 3.18. The molecule has 0 aliphatic heterocycles. The van der Waals surface area contributed by atoms with Gasteiger partial charge in [-0.05, 0) is 30.7 Å². The maximum Gasteiger partial charge on any atom is 0.338 e. The van der Waals surface area contributed by atoms with Crippen LogP contribution in [0.1, 0.15) is 26.3 Å². The molecule has 3 aromatic heterocycles. The Bertz CT molecular complexity index is 800. The summed E-state index contributed by atoms with van der Waals surface area (Å²) in [4.78, 5) is 22.6. The van der Waals surface area contributed by atoms with E-state index in [2.05, 4.69) is 0 Å². The highest BCUT2D eigenvalue weighted by Crippen LogP contribution is 2.31. The minimum Gasteiger partial charge on any atom is -0.478 e. The number of carboxylic acids is 2.